The van der Waals surface area contributed by atoms with Crippen LogP contribution in [-0.2, 0) is 21.4 Å². The van der Waals surface area contributed by atoms with Gasteiger partial charge in [0, 0.05) is 37.3 Å². The zero-order chi connectivity index (χ0) is 24.8. The van der Waals surface area contributed by atoms with Gasteiger partial charge in [-0.15, -0.1) is 0 Å². The monoisotopic (exact) mass is 494 g/mol. The molecule has 1 amide bonds. The SMILES string of the molecule is O=C(O)C1CCCN(C(=O)C=C2CC[C@@]3(O)[C@H]4Cc5ccc(O)c6c5[C@@]3(CCN4CC3CC3)[C@H]2O6)C1. The Kier molecular flexibility index (Phi) is 4.84. The largest absolute Gasteiger partial charge is 0.504 e. The minimum atomic E-state index is -0.989. The van der Waals surface area contributed by atoms with Gasteiger partial charge in [-0.2, -0.15) is 0 Å². The highest BCUT2D eigenvalue weighted by atomic mass is 16.5. The fourth-order valence-electron chi connectivity index (χ4n) is 8.11. The number of hydrogen-bond acceptors (Lipinski definition) is 6. The number of hydrogen-bond donors (Lipinski definition) is 3. The number of ether oxygens (including phenoxy) is 1. The number of carbonyl (C=O) groups excluding carboxylic acids is 1. The molecule has 0 radical (unpaired) electrons. The number of amides is 1. The number of carboxylic acids is 1. The van der Waals surface area contributed by atoms with Gasteiger partial charge in [0.15, 0.2) is 11.5 Å². The van der Waals surface area contributed by atoms with Crippen LogP contribution in [0.1, 0.15) is 56.1 Å². The van der Waals surface area contributed by atoms with Gasteiger partial charge in [-0.05, 0) is 81.0 Å². The normalized spacial score (nSPS) is 38.0. The molecule has 5 atom stereocenters. The predicted molar refractivity (Wildman–Crippen MR) is 130 cm³/mol. The van der Waals surface area contributed by atoms with Gasteiger partial charge in [0.05, 0.1) is 16.9 Å². The van der Waals surface area contributed by atoms with E-state index in [2.05, 4.69) is 4.90 Å². The Morgan fingerprint density at radius 1 is 1.17 bits per heavy atom. The number of benzene rings is 1. The quantitative estimate of drug-likeness (QED) is 0.551. The maximum Gasteiger partial charge on any atom is 0.308 e. The standard InChI is InChI=1S/C28H34N2O6/c31-20-6-5-17-12-21-28(35)8-7-18(13-22(32)30-10-1-2-19(15-30)26(33)34)25-27(28,23(17)24(20)36-25)9-11-29(21)14-16-3-4-16/h5-6,13,16,19,21,25,31,35H,1-4,7-12,14-15H2,(H,33,34)/t19?,21-,25+,27+,28-/m1/s1. The van der Waals surface area contributed by atoms with Crippen molar-refractivity contribution < 1.29 is 29.6 Å². The lowest BCUT2D eigenvalue weighted by Crippen LogP contribution is -2.75. The van der Waals surface area contributed by atoms with E-state index in [4.69, 9.17) is 4.74 Å². The molecule has 2 bridgehead atoms. The van der Waals surface area contributed by atoms with Crippen LogP contribution < -0.4 is 4.74 Å². The summed E-state index contributed by atoms with van der Waals surface area (Å²) in [5, 5.41) is 32.7. The number of rotatable bonds is 4. The smallest absolute Gasteiger partial charge is 0.308 e. The van der Waals surface area contributed by atoms with Crippen molar-refractivity contribution in [3.63, 3.8) is 0 Å². The molecule has 1 spiro atoms. The first-order chi connectivity index (χ1) is 17.3. The number of aromatic hydroxyl groups is 1. The molecule has 3 heterocycles. The number of nitrogens with zero attached hydrogens (tertiary/aromatic N) is 2. The Balaban J connectivity index is 1.27. The highest BCUT2D eigenvalue weighted by Crippen LogP contribution is 2.66. The summed E-state index contributed by atoms with van der Waals surface area (Å²) in [6.45, 7) is 2.67. The summed E-state index contributed by atoms with van der Waals surface area (Å²) in [5.41, 5.74) is 1.25. The topological polar surface area (TPSA) is 111 Å². The molecule has 6 aliphatic rings. The fourth-order valence-corrected chi connectivity index (χ4v) is 8.11. The molecule has 3 aliphatic carbocycles. The number of aliphatic carboxylic acids is 1. The van der Waals surface area contributed by atoms with E-state index in [1.54, 1.807) is 17.0 Å². The number of piperidine rings is 2. The summed E-state index contributed by atoms with van der Waals surface area (Å²) >= 11 is 0. The summed E-state index contributed by atoms with van der Waals surface area (Å²) in [4.78, 5) is 29.0. The summed E-state index contributed by atoms with van der Waals surface area (Å²) in [7, 11) is 0. The van der Waals surface area contributed by atoms with Crippen molar-refractivity contribution >= 4 is 11.9 Å². The van der Waals surface area contributed by atoms with E-state index < -0.39 is 29.0 Å². The number of phenols is 1. The minimum Gasteiger partial charge on any atom is -0.504 e. The summed E-state index contributed by atoms with van der Waals surface area (Å²) in [6.07, 6.45) is 7.49. The maximum atomic E-state index is 13.3. The number of carboxylic acid groups (broad SMARTS) is 1. The third-order valence-electron chi connectivity index (χ3n) is 10.0. The Labute approximate surface area is 210 Å². The average molecular weight is 495 g/mol. The number of likely N-dealkylation sites (tertiary alicyclic amines) is 2. The zero-order valence-electron chi connectivity index (χ0n) is 20.5. The van der Waals surface area contributed by atoms with Crippen molar-refractivity contribution in [1.29, 1.82) is 0 Å². The van der Waals surface area contributed by atoms with Crippen molar-refractivity contribution in [1.82, 2.24) is 9.80 Å². The number of phenolic OH excluding ortho intramolecular Hbond substituents is 1. The summed E-state index contributed by atoms with van der Waals surface area (Å²) in [6, 6.07) is 3.68. The molecule has 8 heteroatoms. The molecule has 2 saturated heterocycles. The van der Waals surface area contributed by atoms with Crippen molar-refractivity contribution in [3.05, 3.63) is 34.9 Å². The lowest BCUT2D eigenvalue weighted by atomic mass is 9.48. The molecule has 3 N–H and O–H groups in total. The highest BCUT2D eigenvalue weighted by molar-refractivity contribution is 5.89. The first kappa shape index (κ1) is 22.6. The van der Waals surface area contributed by atoms with Crippen LogP contribution in [0.25, 0.3) is 0 Å². The van der Waals surface area contributed by atoms with Crippen molar-refractivity contribution in [2.75, 3.05) is 26.2 Å². The summed E-state index contributed by atoms with van der Waals surface area (Å²) < 4.78 is 6.50. The Morgan fingerprint density at radius 2 is 2.00 bits per heavy atom. The summed E-state index contributed by atoms with van der Waals surface area (Å²) in [5.74, 6) is -0.284. The third kappa shape index (κ3) is 3.00. The second-order valence-electron chi connectivity index (χ2n) is 11.9. The van der Waals surface area contributed by atoms with Crippen LogP contribution in [0, 0.1) is 11.8 Å². The molecule has 8 nitrogen and oxygen atoms in total. The Morgan fingerprint density at radius 3 is 2.78 bits per heavy atom. The molecular formula is C28H34N2O6. The molecule has 36 heavy (non-hydrogen) atoms. The van der Waals surface area contributed by atoms with Crippen molar-refractivity contribution in [2.45, 2.75) is 74.5 Å². The lowest BCUT2D eigenvalue weighted by Gasteiger charge is -2.63. The van der Waals surface area contributed by atoms with Gasteiger partial charge in [0.2, 0.25) is 5.91 Å². The van der Waals surface area contributed by atoms with E-state index in [0.29, 0.717) is 38.0 Å². The van der Waals surface area contributed by atoms with Gasteiger partial charge in [-0.25, -0.2) is 0 Å². The van der Waals surface area contributed by atoms with Crippen LogP contribution in [0.2, 0.25) is 0 Å². The van der Waals surface area contributed by atoms with Crippen molar-refractivity contribution in [2.24, 2.45) is 11.8 Å². The zero-order valence-corrected chi connectivity index (χ0v) is 20.5. The van der Waals surface area contributed by atoms with Crippen LogP contribution in [0.4, 0.5) is 0 Å². The molecule has 2 saturated carbocycles. The van der Waals surface area contributed by atoms with Gasteiger partial charge in [-0.3, -0.25) is 14.5 Å². The third-order valence-corrected chi connectivity index (χ3v) is 10.0. The second-order valence-corrected chi connectivity index (χ2v) is 11.9. The fraction of sp³-hybridized carbons (Fsp3) is 0.643. The van der Waals surface area contributed by atoms with E-state index in [9.17, 15) is 24.9 Å². The minimum absolute atomic E-state index is 0.00314. The lowest BCUT2D eigenvalue weighted by molar-refractivity contribution is -0.174. The molecule has 3 aliphatic heterocycles. The molecule has 4 fully saturated rings. The Hall–Kier alpha value is -2.58. The van der Waals surface area contributed by atoms with E-state index in [-0.39, 0.29) is 24.2 Å². The van der Waals surface area contributed by atoms with E-state index in [1.165, 1.54) is 12.8 Å². The molecule has 1 aromatic rings. The molecule has 192 valence electrons. The van der Waals surface area contributed by atoms with Crippen LogP contribution >= 0.6 is 0 Å². The number of aliphatic hydroxyl groups is 1. The van der Waals surface area contributed by atoms with Gasteiger partial charge < -0.3 is 25.0 Å². The van der Waals surface area contributed by atoms with Crippen LogP contribution in [-0.4, -0.2) is 80.9 Å². The molecule has 1 unspecified atom stereocenters. The van der Waals surface area contributed by atoms with Gasteiger partial charge in [-0.1, -0.05) is 6.07 Å². The first-order valence-electron chi connectivity index (χ1n) is 13.5. The Bertz CT molecular complexity index is 1180. The van der Waals surface area contributed by atoms with Gasteiger partial charge >= 0.3 is 5.97 Å². The van der Waals surface area contributed by atoms with Gasteiger partial charge in [0.25, 0.3) is 0 Å². The predicted octanol–water partition coefficient (Wildman–Crippen LogP) is 2.21. The highest BCUT2D eigenvalue weighted by Gasteiger charge is 2.72. The van der Waals surface area contributed by atoms with Crippen LogP contribution in [0.15, 0.2) is 23.8 Å². The van der Waals surface area contributed by atoms with Crippen LogP contribution in [0.3, 0.4) is 0 Å². The average Bonchev–Trinajstić information content (AvgIpc) is 3.61. The van der Waals surface area contributed by atoms with E-state index in [1.807, 2.05) is 6.07 Å². The molecular weight excluding hydrogens is 460 g/mol. The molecule has 0 aromatic heterocycles. The molecule has 1 aromatic carbocycles. The molecule has 7 rings (SSSR count). The number of carbonyl (C=O) groups is 2. The maximum absolute atomic E-state index is 13.3. The second kappa shape index (κ2) is 7.71. The van der Waals surface area contributed by atoms with Crippen LogP contribution in [0.5, 0.6) is 11.5 Å². The van der Waals surface area contributed by atoms with E-state index >= 15 is 0 Å². The van der Waals surface area contributed by atoms with E-state index in [0.717, 1.165) is 48.5 Å². The van der Waals surface area contributed by atoms with Crippen molar-refractivity contribution in [3.8, 4) is 11.5 Å². The first-order valence-corrected chi connectivity index (χ1v) is 13.5. The van der Waals surface area contributed by atoms with Gasteiger partial charge in [0.1, 0.15) is 6.10 Å².